The lowest BCUT2D eigenvalue weighted by molar-refractivity contribution is 1.09. The van der Waals surface area contributed by atoms with Crippen molar-refractivity contribution >= 4 is 27.5 Å². The third-order valence-corrected chi connectivity index (χ3v) is 6.98. The zero-order valence-electron chi connectivity index (χ0n) is 16.6. The molecule has 144 valence electrons. The summed E-state index contributed by atoms with van der Waals surface area (Å²) in [6, 6.07) is 19.6. The van der Waals surface area contributed by atoms with Crippen LogP contribution in [0.2, 0.25) is 0 Å². The molecule has 31 heavy (non-hydrogen) atoms. The lowest BCUT2D eigenvalue weighted by Crippen LogP contribution is -1.98. The van der Waals surface area contributed by atoms with E-state index >= 15 is 0 Å². The van der Waals surface area contributed by atoms with Crippen molar-refractivity contribution < 1.29 is 0 Å². The van der Waals surface area contributed by atoms with Crippen molar-refractivity contribution in [1.82, 2.24) is 19.4 Å². The number of benzene rings is 2. The number of nitrogens with zero attached hydrogens (tertiary/aromatic N) is 4. The third-order valence-electron chi connectivity index (χ3n) is 6.98. The van der Waals surface area contributed by atoms with E-state index in [0.717, 1.165) is 46.0 Å². The summed E-state index contributed by atoms with van der Waals surface area (Å²) >= 11 is 0. The lowest BCUT2D eigenvalue weighted by atomic mass is 9.96. The highest BCUT2D eigenvalue weighted by molar-refractivity contribution is 6.10. The largest absolute Gasteiger partial charge is 0.294 e. The Labute approximate surface area is 177 Å². The summed E-state index contributed by atoms with van der Waals surface area (Å²) in [4.78, 5) is 14.3. The van der Waals surface area contributed by atoms with Crippen molar-refractivity contribution in [3.63, 3.8) is 0 Å². The predicted molar refractivity (Wildman–Crippen MR) is 122 cm³/mol. The fourth-order valence-corrected chi connectivity index (χ4v) is 5.71. The fourth-order valence-electron chi connectivity index (χ4n) is 5.71. The molecule has 2 aromatic carbocycles. The SMILES string of the molecule is c1ccc2c(c1)Cc1ccc3c(c1-2)Cc1c-3nc2c3ccncc3c3ncccc3n12. The van der Waals surface area contributed by atoms with Crippen LogP contribution in [0.25, 0.3) is 49.8 Å². The minimum atomic E-state index is 0.893. The van der Waals surface area contributed by atoms with E-state index < -0.39 is 0 Å². The summed E-state index contributed by atoms with van der Waals surface area (Å²) in [5.74, 6) is 0. The fraction of sp³-hybridized carbons (Fsp3) is 0.0741. The standard InChI is InChI=1S/C27H16N4/c1-2-5-17-15(4-1)12-16-7-8-18-20(24(16)17)13-23-26(18)30-27-19-9-11-28-14-21(19)25-22(31(23)27)6-3-10-29-25/h1-11,14H,12-13H2. The van der Waals surface area contributed by atoms with Crippen LogP contribution in [-0.2, 0) is 12.8 Å². The van der Waals surface area contributed by atoms with E-state index in [2.05, 4.69) is 57.9 Å². The Morgan fingerprint density at radius 3 is 2.74 bits per heavy atom. The first kappa shape index (κ1) is 15.7. The number of rotatable bonds is 0. The van der Waals surface area contributed by atoms with Crippen molar-refractivity contribution in [2.24, 2.45) is 0 Å². The summed E-state index contributed by atoms with van der Waals surface area (Å²) < 4.78 is 2.33. The van der Waals surface area contributed by atoms with Crippen molar-refractivity contribution in [2.45, 2.75) is 12.8 Å². The van der Waals surface area contributed by atoms with Crippen LogP contribution in [0.5, 0.6) is 0 Å². The molecule has 0 radical (unpaired) electrons. The maximum Gasteiger partial charge on any atom is 0.146 e. The summed E-state index contributed by atoms with van der Waals surface area (Å²) in [7, 11) is 0. The quantitative estimate of drug-likeness (QED) is 0.315. The Bertz CT molecular complexity index is 1740. The summed E-state index contributed by atoms with van der Waals surface area (Å²) in [6.45, 7) is 0. The topological polar surface area (TPSA) is 43.1 Å². The van der Waals surface area contributed by atoms with Gasteiger partial charge in [-0.15, -0.1) is 0 Å². The molecule has 4 nitrogen and oxygen atoms in total. The Hall–Kier alpha value is -4.05. The number of hydrogen-bond acceptors (Lipinski definition) is 3. The average molecular weight is 396 g/mol. The molecule has 2 aliphatic rings. The normalized spacial score (nSPS) is 13.5. The highest BCUT2D eigenvalue weighted by Gasteiger charge is 2.32. The Morgan fingerprint density at radius 1 is 0.774 bits per heavy atom. The van der Waals surface area contributed by atoms with E-state index in [0.29, 0.717) is 0 Å². The third kappa shape index (κ3) is 1.84. The molecule has 0 aliphatic heterocycles. The number of aromatic nitrogens is 4. The smallest absolute Gasteiger partial charge is 0.146 e. The molecule has 4 heterocycles. The van der Waals surface area contributed by atoms with Gasteiger partial charge in [-0.25, -0.2) is 4.98 Å². The lowest BCUT2D eigenvalue weighted by Gasteiger charge is -2.11. The monoisotopic (exact) mass is 396 g/mol. The second-order valence-corrected chi connectivity index (χ2v) is 8.50. The number of pyridine rings is 3. The van der Waals surface area contributed by atoms with Gasteiger partial charge >= 0.3 is 0 Å². The Morgan fingerprint density at radius 2 is 1.74 bits per heavy atom. The zero-order chi connectivity index (χ0) is 20.1. The molecule has 0 saturated carbocycles. The number of imidazole rings is 1. The first-order valence-electron chi connectivity index (χ1n) is 10.6. The van der Waals surface area contributed by atoms with Crippen molar-refractivity contribution in [2.75, 3.05) is 0 Å². The van der Waals surface area contributed by atoms with Crippen LogP contribution in [0.3, 0.4) is 0 Å². The second kappa shape index (κ2) is 5.35. The van der Waals surface area contributed by atoms with Crippen LogP contribution in [0.15, 0.2) is 73.2 Å². The van der Waals surface area contributed by atoms with E-state index in [1.807, 2.05) is 24.7 Å². The molecule has 0 fully saturated rings. The second-order valence-electron chi connectivity index (χ2n) is 8.50. The van der Waals surface area contributed by atoms with Gasteiger partial charge in [0.05, 0.1) is 22.4 Å². The van der Waals surface area contributed by atoms with Crippen LogP contribution >= 0.6 is 0 Å². The average Bonchev–Trinajstić information content (AvgIpc) is 3.48. The van der Waals surface area contributed by atoms with Gasteiger partial charge in [-0.05, 0) is 52.4 Å². The molecule has 0 amide bonds. The van der Waals surface area contributed by atoms with Gasteiger partial charge in [-0.2, -0.15) is 0 Å². The summed E-state index contributed by atoms with van der Waals surface area (Å²) in [5, 5.41) is 2.15. The molecule has 2 aliphatic carbocycles. The molecular formula is C27H16N4. The van der Waals surface area contributed by atoms with Crippen molar-refractivity contribution in [3.05, 3.63) is 95.6 Å². The van der Waals surface area contributed by atoms with Crippen LogP contribution in [-0.4, -0.2) is 19.4 Å². The van der Waals surface area contributed by atoms with Crippen LogP contribution < -0.4 is 0 Å². The maximum atomic E-state index is 5.20. The van der Waals surface area contributed by atoms with Gasteiger partial charge in [0, 0.05) is 41.3 Å². The van der Waals surface area contributed by atoms with Crippen LogP contribution in [0.1, 0.15) is 22.4 Å². The van der Waals surface area contributed by atoms with Gasteiger partial charge in [0.1, 0.15) is 5.65 Å². The highest BCUT2D eigenvalue weighted by atomic mass is 15.0. The van der Waals surface area contributed by atoms with Gasteiger partial charge in [-0.1, -0.05) is 36.4 Å². The minimum Gasteiger partial charge on any atom is -0.294 e. The molecule has 8 rings (SSSR count). The summed E-state index contributed by atoms with van der Waals surface area (Å²) in [5.41, 5.74) is 13.8. The van der Waals surface area contributed by atoms with Gasteiger partial charge in [0.25, 0.3) is 0 Å². The van der Waals surface area contributed by atoms with Gasteiger partial charge < -0.3 is 0 Å². The van der Waals surface area contributed by atoms with Gasteiger partial charge in [0.15, 0.2) is 0 Å². The molecule has 0 saturated heterocycles. The van der Waals surface area contributed by atoms with Crippen LogP contribution in [0.4, 0.5) is 0 Å². The zero-order valence-corrected chi connectivity index (χ0v) is 16.6. The number of hydrogen-bond donors (Lipinski definition) is 0. The van der Waals surface area contributed by atoms with E-state index in [9.17, 15) is 0 Å². The van der Waals surface area contributed by atoms with Crippen molar-refractivity contribution in [1.29, 1.82) is 0 Å². The molecule has 6 aromatic rings. The Balaban J connectivity index is 1.50. The van der Waals surface area contributed by atoms with E-state index in [-0.39, 0.29) is 0 Å². The molecule has 0 N–H and O–H groups in total. The maximum absolute atomic E-state index is 5.20. The molecule has 0 unspecified atom stereocenters. The van der Waals surface area contributed by atoms with E-state index in [4.69, 9.17) is 9.97 Å². The Kier molecular flexibility index (Phi) is 2.72. The molecule has 4 aromatic heterocycles. The van der Waals surface area contributed by atoms with E-state index in [1.165, 1.54) is 39.1 Å². The van der Waals surface area contributed by atoms with Crippen LogP contribution in [0, 0.1) is 0 Å². The molecule has 4 heteroatoms. The molecule has 0 spiro atoms. The molecule has 0 atom stereocenters. The highest BCUT2D eigenvalue weighted by Crippen LogP contribution is 2.48. The molecule has 0 bridgehead atoms. The number of fused-ring (bicyclic) bond motifs is 14. The first-order chi connectivity index (χ1) is 15.4. The predicted octanol–water partition coefficient (Wildman–Crippen LogP) is 5.57. The van der Waals surface area contributed by atoms with E-state index in [1.54, 1.807) is 0 Å². The molecular weight excluding hydrogens is 380 g/mol. The summed E-state index contributed by atoms with van der Waals surface area (Å²) in [6.07, 6.45) is 7.52. The van der Waals surface area contributed by atoms with Gasteiger partial charge in [0.2, 0.25) is 0 Å². The first-order valence-corrected chi connectivity index (χ1v) is 10.6. The minimum absolute atomic E-state index is 0.893. The van der Waals surface area contributed by atoms with Crippen molar-refractivity contribution in [3.8, 4) is 22.4 Å². The van der Waals surface area contributed by atoms with Gasteiger partial charge in [-0.3, -0.25) is 14.4 Å².